The number of hydrogen-bond donors (Lipinski definition) is 1. The van der Waals surface area contributed by atoms with E-state index in [2.05, 4.69) is 23.9 Å². The molecule has 0 aliphatic heterocycles. The van der Waals surface area contributed by atoms with Crippen LogP contribution in [0.1, 0.15) is 48.7 Å². The topological polar surface area (TPSA) is 56.7 Å². The number of nitrogens with two attached hydrogens (primary N) is 1. The molecule has 18 heavy (non-hydrogen) atoms. The third-order valence-electron chi connectivity index (χ3n) is 3.15. The zero-order chi connectivity index (χ0) is 13.1. The predicted molar refractivity (Wildman–Crippen MR) is 74.7 cm³/mol. The van der Waals surface area contributed by atoms with Crippen LogP contribution in [0, 0.1) is 6.92 Å². The normalized spacial score (nSPS) is 14.7. The molecule has 0 aliphatic carbocycles. The Morgan fingerprint density at radius 2 is 2.28 bits per heavy atom. The minimum atomic E-state index is -0.0600. The first-order valence-corrected chi connectivity index (χ1v) is 7.19. The number of hydrogen-bond acceptors (Lipinski definition) is 4. The van der Waals surface area contributed by atoms with Crippen molar-refractivity contribution in [1.82, 2.24) is 14.8 Å². The van der Waals surface area contributed by atoms with Gasteiger partial charge in [0.15, 0.2) is 0 Å². The van der Waals surface area contributed by atoms with Crippen LogP contribution in [0.3, 0.4) is 0 Å². The van der Waals surface area contributed by atoms with E-state index in [0.29, 0.717) is 6.04 Å². The van der Waals surface area contributed by atoms with E-state index in [-0.39, 0.29) is 6.04 Å². The molecule has 0 radical (unpaired) electrons. The van der Waals surface area contributed by atoms with Crippen molar-refractivity contribution in [1.29, 1.82) is 0 Å². The van der Waals surface area contributed by atoms with E-state index in [1.807, 2.05) is 29.2 Å². The SMILES string of the molecule is CCC(C)n1ccc(CC(N)c2csc(C)n2)n1. The van der Waals surface area contributed by atoms with Crippen LogP contribution >= 0.6 is 11.3 Å². The summed E-state index contributed by atoms with van der Waals surface area (Å²) in [6.45, 7) is 6.33. The summed E-state index contributed by atoms with van der Waals surface area (Å²) in [4.78, 5) is 4.42. The standard InChI is InChI=1S/C13H20N4S/c1-4-9(2)17-6-5-11(16-17)7-12(14)13-8-18-10(3)15-13/h5-6,8-9,12H,4,7,14H2,1-3H3. The summed E-state index contributed by atoms with van der Waals surface area (Å²) in [5, 5.41) is 7.66. The Kier molecular flexibility index (Phi) is 4.14. The Labute approximate surface area is 112 Å². The molecule has 2 aromatic heterocycles. The van der Waals surface area contributed by atoms with E-state index in [1.165, 1.54) is 0 Å². The van der Waals surface area contributed by atoms with Gasteiger partial charge in [0.2, 0.25) is 0 Å². The summed E-state index contributed by atoms with van der Waals surface area (Å²) >= 11 is 1.64. The molecule has 2 heterocycles. The minimum absolute atomic E-state index is 0.0600. The Morgan fingerprint density at radius 3 is 2.89 bits per heavy atom. The van der Waals surface area contributed by atoms with E-state index in [0.717, 1.165) is 29.2 Å². The lowest BCUT2D eigenvalue weighted by molar-refractivity contribution is 0.471. The second kappa shape index (κ2) is 5.63. The van der Waals surface area contributed by atoms with Crippen LogP contribution in [0.5, 0.6) is 0 Å². The van der Waals surface area contributed by atoms with E-state index in [4.69, 9.17) is 5.73 Å². The second-order valence-corrected chi connectivity index (χ2v) is 5.71. The highest BCUT2D eigenvalue weighted by Crippen LogP contribution is 2.18. The smallest absolute Gasteiger partial charge is 0.0898 e. The van der Waals surface area contributed by atoms with Gasteiger partial charge in [-0.15, -0.1) is 11.3 Å². The molecule has 2 atom stereocenters. The maximum atomic E-state index is 6.15. The van der Waals surface area contributed by atoms with E-state index < -0.39 is 0 Å². The molecule has 2 unspecified atom stereocenters. The highest BCUT2D eigenvalue weighted by Gasteiger charge is 2.13. The lowest BCUT2D eigenvalue weighted by Gasteiger charge is -2.09. The van der Waals surface area contributed by atoms with Gasteiger partial charge in [-0.25, -0.2) is 4.98 Å². The van der Waals surface area contributed by atoms with Gasteiger partial charge in [-0.05, 0) is 26.3 Å². The van der Waals surface area contributed by atoms with Gasteiger partial charge in [-0.2, -0.15) is 5.10 Å². The van der Waals surface area contributed by atoms with Crippen LogP contribution in [-0.2, 0) is 6.42 Å². The molecule has 0 aromatic carbocycles. The number of aromatic nitrogens is 3. The quantitative estimate of drug-likeness (QED) is 0.903. The van der Waals surface area contributed by atoms with Crippen LogP contribution in [0.15, 0.2) is 17.6 Å². The summed E-state index contributed by atoms with van der Waals surface area (Å²) in [7, 11) is 0. The van der Waals surface area contributed by atoms with Crippen molar-refractivity contribution in [2.45, 2.75) is 45.7 Å². The first-order valence-electron chi connectivity index (χ1n) is 6.31. The number of thiazole rings is 1. The maximum Gasteiger partial charge on any atom is 0.0898 e. The van der Waals surface area contributed by atoms with Gasteiger partial charge in [0.05, 0.1) is 22.4 Å². The molecular formula is C13H20N4S. The third kappa shape index (κ3) is 2.97. The fourth-order valence-corrected chi connectivity index (χ4v) is 2.48. The number of rotatable bonds is 5. The summed E-state index contributed by atoms with van der Waals surface area (Å²) in [5.74, 6) is 0. The molecule has 2 rings (SSSR count). The Morgan fingerprint density at radius 1 is 1.50 bits per heavy atom. The molecule has 2 aromatic rings. The maximum absolute atomic E-state index is 6.15. The molecule has 0 fully saturated rings. The molecule has 5 heteroatoms. The molecule has 0 amide bonds. The zero-order valence-corrected chi connectivity index (χ0v) is 11.9. The molecule has 0 aliphatic rings. The summed E-state index contributed by atoms with van der Waals surface area (Å²) < 4.78 is 2.01. The number of aryl methyl sites for hydroxylation is 1. The van der Waals surface area contributed by atoms with Crippen LogP contribution in [0.4, 0.5) is 0 Å². The van der Waals surface area contributed by atoms with Crippen molar-refractivity contribution < 1.29 is 0 Å². The molecular weight excluding hydrogens is 244 g/mol. The van der Waals surface area contributed by atoms with Crippen LogP contribution in [0.2, 0.25) is 0 Å². The average molecular weight is 264 g/mol. The minimum Gasteiger partial charge on any atom is -0.322 e. The fourth-order valence-electron chi connectivity index (χ4n) is 1.80. The van der Waals surface area contributed by atoms with Gasteiger partial charge in [-0.1, -0.05) is 6.92 Å². The molecule has 2 N–H and O–H groups in total. The van der Waals surface area contributed by atoms with E-state index in [1.54, 1.807) is 11.3 Å². The van der Waals surface area contributed by atoms with E-state index >= 15 is 0 Å². The highest BCUT2D eigenvalue weighted by molar-refractivity contribution is 7.09. The molecule has 0 saturated carbocycles. The van der Waals surface area contributed by atoms with Gasteiger partial charge in [-0.3, -0.25) is 4.68 Å². The molecule has 0 saturated heterocycles. The van der Waals surface area contributed by atoms with E-state index in [9.17, 15) is 0 Å². The summed E-state index contributed by atoms with van der Waals surface area (Å²) in [6.07, 6.45) is 3.85. The summed E-state index contributed by atoms with van der Waals surface area (Å²) in [6, 6.07) is 2.43. The largest absolute Gasteiger partial charge is 0.322 e. The fraction of sp³-hybridized carbons (Fsp3) is 0.538. The van der Waals surface area contributed by atoms with Gasteiger partial charge >= 0.3 is 0 Å². The first kappa shape index (κ1) is 13.2. The van der Waals surface area contributed by atoms with Crippen molar-refractivity contribution in [2.24, 2.45) is 5.73 Å². The lowest BCUT2D eigenvalue weighted by atomic mass is 10.1. The molecule has 4 nitrogen and oxygen atoms in total. The van der Waals surface area contributed by atoms with Crippen LogP contribution < -0.4 is 5.73 Å². The van der Waals surface area contributed by atoms with Crippen molar-refractivity contribution in [3.63, 3.8) is 0 Å². The zero-order valence-electron chi connectivity index (χ0n) is 11.1. The molecule has 0 bridgehead atoms. The van der Waals surface area contributed by atoms with Crippen LogP contribution in [0.25, 0.3) is 0 Å². The summed E-state index contributed by atoms with van der Waals surface area (Å²) in [5.41, 5.74) is 8.16. The third-order valence-corrected chi connectivity index (χ3v) is 3.94. The van der Waals surface area contributed by atoms with Crippen molar-refractivity contribution in [3.05, 3.63) is 34.0 Å². The monoisotopic (exact) mass is 264 g/mol. The van der Waals surface area contributed by atoms with Crippen molar-refractivity contribution >= 4 is 11.3 Å². The van der Waals surface area contributed by atoms with Gasteiger partial charge in [0.1, 0.15) is 0 Å². The van der Waals surface area contributed by atoms with Crippen LogP contribution in [-0.4, -0.2) is 14.8 Å². The average Bonchev–Trinajstić information content (AvgIpc) is 2.97. The lowest BCUT2D eigenvalue weighted by Crippen LogP contribution is -2.14. The van der Waals surface area contributed by atoms with Gasteiger partial charge < -0.3 is 5.73 Å². The number of nitrogens with zero attached hydrogens (tertiary/aromatic N) is 3. The van der Waals surface area contributed by atoms with Crippen molar-refractivity contribution in [2.75, 3.05) is 0 Å². The Hall–Kier alpha value is -1.20. The second-order valence-electron chi connectivity index (χ2n) is 4.65. The predicted octanol–water partition coefficient (Wildman–Crippen LogP) is 2.86. The van der Waals surface area contributed by atoms with Gasteiger partial charge in [0.25, 0.3) is 0 Å². The first-order chi connectivity index (χ1) is 8.60. The Balaban J connectivity index is 2.03. The highest BCUT2D eigenvalue weighted by atomic mass is 32.1. The van der Waals surface area contributed by atoms with Crippen molar-refractivity contribution in [3.8, 4) is 0 Å². The molecule has 0 spiro atoms. The van der Waals surface area contributed by atoms with Gasteiger partial charge in [0, 0.05) is 24.0 Å². The molecule has 98 valence electrons. The Bertz CT molecular complexity index is 503.